The van der Waals surface area contributed by atoms with Gasteiger partial charge in [0, 0.05) is 29.2 Å². The van der Waals surface area contributed by atoms with E-state index in [1.165, 1.54) is 70.5 Å². The van der Waals surface area contributed by atoms with E-state index in [2.05, 4.69) is 109 Å². The molecule has 1 aromatic heterocycles. The Labute approximate surface area is 198 Å². The smallest absolute Gasteiger partial charge is 0.189 e. The Morgan fingerprint density at radius 1 is 0.727 bits per heavy atom. The molecule has 0 N–H and O–H groups in total. The molecule has 0 saturated heterocycles. The van der Waals surface area contributed by atoms with Crippen molar-refractivity contribution in [1.29, 1.82) is 0 Å². The van der Waals surface area contributed by atoms with E-state index in [4.69, 9.17) is 0 Å². The number of aromatic nitrogens is 1. The highest BCUT2D eigenvalue weighted by atomic mass is 15.0. The van der Waals surface area contributed by atoms with Crippen LogP contribution in [0.1, 0.15) is 56.7 Å². The van der Waals surface area contributed by atoms with Crippen LogP contribution in [0.2, 0.25) is 0 Å². The van der Waals surface area contributed by atoms with E-state index < -0.39 is 0 Å². The maximum Gasteiger partial charge on any atom is 0.217 e. The Bertz CT molecular complexity index is 1220. The van der Waals surface area contributed by atoms with Crippen molar-refractivity contribution < 1.29 is 4.57 Å². The van der Waals surface area contributed by atoms with Crippen LogP contribution in [0.25, 0.3) is 33.6 Å². The van der Waals surface area contributed by atoms with Crippen molar-refractivity contribution in [2.75, 3.05) is 0 Å². The molecule has 33 heavy (non-hydrogen) atoms. The first-order valence-corrected chi connectivity index (χ1v) is 12.6. The topological polar surface area (TPSA) is 3.88 Å². The lowest BCUT2D eigenvalue weighted by molar-refractivity contribution is -0.700. The van der Waals surface area contributed by atoms with E-state index in [9.17, 15) is 0 Å². The molecule has 0 amide bonds. The third-order valence-corrected chi connectivity index (χ3v) is 7.13. The van der Waals surface area contributed by atoms with Gasteiger partial charge in [-0.15, -0.1) is 0 Å². The van der Waals surface area contributed by atoms with Crippen molar-refractivity contribution >= 4 is 0 Å². The van der Waals surface area contributed by atoms with Gasteiger partial charge < -0.3 is 0 Å². The Balaban J connectivity index is 1.82. The van der Waals surface area contributed by atoms with Gasteiger partial charge >= 0.3 is 0 Å². The summed E-state index contributed by atoms with van der Waals surface area (Å²) in [5.74, 6) is 0. The van der Waals surface area contributed by atoms with Gasteiger partial charge in [0.05, 0.1) is 0 Å². The molecule has 0 spiro atoms. The zero-order valence-electron chi connectivity index (χ0n) is 19.9. The lowest BCUT2D eigenvalue weighted by Crippen LogP contribution is -2.44. The van der Waals surface area contributed by atoms with E-state index in [1.807, 2.05) is 0 Å². The maximum absolute atomic E-state index is 2.67. The Morgan fingerprint density at radius 3 is 2.12 bits per heavy atom. The number of fused-ring (bicyclic) bond motifs is 3. The molecule has 0 saturated carbocycles. The fourth-order valence-corrected chi connectivity index (χ4v) is 5.44. The zero-order chi connectivity index (χ0) is 22.6. The molecule has 0 bridgehead atoms. The van der Waals surface area contributed by atoms with Crippen LogP contribution < -0.4 is 4.57 Å². The molecule has 0 fully saturated rings. The first-order chi connectivity index (χ1) is 16.3. The van der Waals surface area contributed by atoms with E-state index in [0.29, 0.717) is 6.04 Å². The highest BCUT2D eigenvalue weighted by Gasteiger charge is 2.34. The third kappa shape index (κ3) is 4.25. The van der Waals surface area contributed by atoms with Crippen LogP contribution in [0, 0.1) is 0 Å². The molecule has 4 aromatic rings. The van der Waals surface area contributed by atoms with Crippen molar-refractivity contribution in [1.82, 2.24) is 0 Å². The quantitative estimate of drug-likeness (QED) is 0.205. The van der Waals surface area contributed by atoms with Gasteiger partial charge in [-0.2, -0.15) is 4.57 Å². The maximum atomic E-state index is 2.67. The monoisotopic (exact) mass is 432 g/mol. The van der Waals surface area contributed by atoms with Gasteiger partial charge in [0.15, 0.2) is 6.04 Å². The number of pyridine rings is 1. The van der Waals surface area contributed by atoms with Crippen molar-refractivity contribution in [3.8, 4) is 33.6 Å². The molecule has 1 nitrogen and oxygen atoms in total. The zero-order valence-corrected chi connectivity index (χ0v) is 19.9. The second-order valence-corrected chi connectivity index (χ2v) is 9.37. The third-order valence-electron chi connectivity index (χ3n) is 7.13. The lowest BCUT2D eigenvalue weighted by atomic mass is 9.83. The summed E-state index contributed by atoms with van der Waals surface area (Å²) < 4.78 is 2.67. The fraction of sp³-hybridized carbons (Fsp3) is 0.281. The number of unbranched alkanes of at least 4 members (excludes halogenated alkanes) is 2. The highest BCUT2D eigenvalue weighted by molar-refractivity contribution is 5.80. The van der Waals surface area contributed by atoms with Gasteiger partial charge in [0.1, 0.15) is 0 Å². The number of rotatable bonds is 7. The number of nitrogens with zero attached hydrogens (tertiary/aromatic N) is 1. The van der Waals surface area contributed by atoms with Crippen LogP contribution in [0.5, 0.6) is 0 Å². The molecule has 1 aliphatic rings. The van der Waals surface area contributed by atoms with Crippen LogP contribution in [0.4, 0.5) is 0 Å². The summed E-state index contributed by atoms with van der Waals surface area (Å²) >= 11 is 0. The molecule has 1 atom stereocenters. The minimum atomic E-state index is 0.441. The Kier molecular flexibility index (Phi) is 6.39. The predicted octanol–water partition coefficient (Wildman–Crippen LogP) is 8.22. The summed E-state index contributed by atoms with van der Waals surface area (Å²) in [5, 5.41) is 0. The largest absolute Gasteiger partial charge is 0.217 e. The highest BCUT2D eigenvalue weighted by Crippen LogP contribution is 2.40. The molecule has 5 rings (SSSR count). The van der Waals surface area contributed by atoms with Crippen molar-refractivity contribution in [3.63, 3.8) is 0 Å². The van der Waals surface area contributed by atoms with Crippen LogP contribution >= 0.6 is 0 Å². The first-order valence-electron chi connectivity index (χ1n) is 12.6. The minimum absolute atomic E-state index is 0.441. The molecule has 1 aliphatic carbocycles. The van der Waals surface area contributed by atoms with Gasteiger partial charge in [-0.3, -0.25) is 0 Å². The summed E-state index contributed by atoms with van der Waals surface area (Å²) in [7, 11) is 0. The standard InChI is InChI=1S/C32H34N/c1-3-4-7-14-24(2)33-31(27-18-10-6-11-19-27)23-30(25-15-8-5-9-16-25)29-22-21-26-17-12-13-20-28(26)32(29)33/h5-6,8-13,15-20,23-24H,3-4,7,14,21-22H2,1-2H3/q+1. The van der Waals surface area contributed by atoms with Crippen molar-refractivity contribution in [2.45, 2.75) is 58.4 Å². The van der Waals surface area contributed by atoms with E-state index >= 15 is 0 Å². The van der Waals surface area contributed by atoms with Gasteiger partial charge in [0.25, 0.3) is 0 Å². The molecule has 166 valence electrons. The summed E-state index contributed by atoms with van der Waals surface area (Å²) in [5.41, 5.74) is 11.1. The second-order valence-electron chi connectivity index (χ2n) is 9.37. The number of hydrogen-bond acceptors (Lipinski definition) is 0. The minimum Gasteiger partial charge on any atom is -0.189 e. The first kappa shape index (κ1) is 21.6. The predicted molar refractivity (Wildman–Crippen MR) is 139 cm³/mol. The van der Waals surface area contributed by atoms with Crippen LogP contribution in [-0.4, -0.2) is 0 Å². The van der Waals surface area contributed by atoms with Crippen LogP contribution in [0.3, 0.4) is 0 Å². The van der Waals surface area contributed by atoms with Gasteiger partial charge in [-0.1, -0.05) is 86.5 Å². The van der Waals surface area contributed by atoms with Crippen molar-refractivity contribution in [2.24, 2.45) is 0 Å². The molecule has 1 heteroatoms. The van der Waals surface area contributed by atoms with E-state index in [0.717, 1.165) is 12.8 Å². The number of hydrogen-bond donors (Lipinski definition) is 0. The Morgan fingerprint density at radius 2 is 1.39 bits per heavy atom. The summed E-state index contributed by atoms with van der Waals surface area (Å²) in [6.07, 6.45) is 7.24. The average molecular weight is 433 g/mol. The van der Waals surface area contributed by atoms with Gasteiger partial charge in [0.2, 0.25) is 11.4 Å². The summed E-state index contributed by atoms with van der Waals surface area (Å²) in [4.78, 5) is 0. The number of benzene rings is 3. The van der Waals surface area contributed by atoms with Gasteiger partial charge in [-0.25, -0.2) is 0 Å². The average Bonchev–Trinajstić information content (AvgIpc) is 2.88. The molecule has 1 heterocycles. The fourth-order valence-electron chi connectivity index (χ4n) is 5.44. The molecular weight excluding hydrogens is 398 g/mol. The van der Waals surface area contributed by atoms with E-state index in [1.54, 1.807) is 0 Å². The van der Waals surface area contributed by atoms with Crippen LogP contribution in [-0.2, 0) is 12.8 Å². The molecule has 3 aromatic carbocycles. The summed E-state index contributed by atoms with van der Waals surface area (Å²) in [6, 6.07) is 33.9. The van der Waals surface area contributed by atoms with Crippen molar-refractivity contribution in [3.05, 3.63) is 102 Å². The summed E-state index contributed by atoms with van der Waals surface area (Å²) in [6.45, 7) is 4.71. The normalized spacial score (nSPS) is 13.3. The molecular formula is C32H34N+. The van der Waals surface area contributed by atoms with Gasteiger partial charge in [-0.05, 0) is 61.1 Å². The second kappa shape index (κ2) is 9.75. The lowest BCUT2D eigenvalue weighted by Gasteiger charge is -2.25. The number of aryl methyl sites for hydroxylation is 1. The molecule has 1 unspecified atom stereocenters. The molecule has 0 aliphatic heterocycles. The Hall–Kier alpha value is -3.19. The molecule has 0 radical (unpaired) electrons. The van der Waals surface area contributed by atoms with E-state index in [-0.39, 0.29) is 0 Å². The van der Waals surface area contributed by atoms with Crippen LogP contribution in [0.15, 0.2) is 91.0 Å². The SMILES string of the molecule is CCCCCC(C)[n+]1c(-c2ccccc2)cc(-c2ccccc2)c2c1-c1ccccc1CC2.